The van der Waals surface area contributed by atoms with Gasteiger partial charge in [-0.15, -0.1) is 0 Å². The summed E-state index contributed by atoms with van der Waals surface area (Å²) in [5.41, 5.74) is 0.607. The average Bonchev–Trinajstić information content (AvgIpc) is 2.46. The Morgan fingerprint density at radius 2 is 1.79 bits per heavy atom. The number of benzene rings is 1. The molecule has 0 amide bonds. The fourth-order valence-corrected chi connectivity index (χ4v) is 2.00. The smallest absolute Gasteiger partial charge is 0.315 e. The van der Waals surface area contributed by atoms with Crippen LogP contribution in [-0.4, -0.2) is 23.3 Å². The summed E-state index contributed by atoms with van der Waals surface area (Å²) in [4.78, 5) is 10.3. The molecule has 0 unspecified atom stereocenters. The third-order valence-corrected chi connectivity index (χ3v) is 3.19. The van der Waals surface area contributed by atoms with Crippen LogP contribution in [0.25, 0.3) is 0 Å². The van der Waals surface area contributed by atoms with Crippen LogP contribution in [0.2, 0.25) is 0 Å². The maximum Gasteiger partial charge on any atom is 0.315 e. The lowest BCUT2D eigenvalue weighted by Crippen LogP contribution is -2.42. The second-order valence-corrected chi connectivity index (χ2v) is 7.45. The molecule has 0 atom stereocenters. The summed E-state index contributed by atoms with van der Waals surface area (Å²) in [6.07, 6.45) is 7.84. The Balaban J connectivity index is 2.82. The van der Waals surface area contributed by atoms with E-state index < -0.39 is 0 Å². The molecule has 0 heterocycles. The highest BCUT2D eigenvalue weighted by Crippen LogP contribution is 2.18. The second kappa shape index (κ2) is 9.26. The monoisotopic (exact) mass is 329 g/mol. The van der Waals surface area contributed by atoms with E-state index in [1.54, 1.807) is 6.21 Å². The Morgan fingerprint density at radius 1 is 1.12 bits per heavy atom. The van der Waals surface area contributed by atoms with Crippen LogP contribution in [0.5, 0.6) is 0 Å². The van der Waals surface area contributed by atoms with Gasteiger partial charge in [0.15, 0.2) is 0 Å². The molecule has 1 aromatic carbocycles. The van der Waals surface area contributed by atoms with E-state index >= 15 is 0 Å². The molecule has 0 spiro atoms. The molecule has 4 nitrogen and oxygen atoms in total. The lowest BCUT2D eigenvalue weighted by atomic mass is 9.99. The number of hydrogen-bond acceptors (Lipinski definition) is 3. The minimum absolute atomic E-state index is 0.152. The summed E-state index contributed by atoms with van der Waals surface area (Å²) in [7, 11) is 0. The largest absolute Gasteiger partial charge is 0.334 e. The van der Waals surface area contributed by atoms with Gasteiger partial charge in [-0.05, 0) is 59.9 Å². The lowest BCUT2D eigenvalue weighted by Gasteiger charge is -2.25. The molecule has 0 saturated carbocycles. The predicted octanol–water partition coefficient (Wildman–Crippen LogP) is 4.92. The Bertz CT molecular complexity index is 566. The van der Waals surface area contributed by atoms with Crippen LogP contribution in [0.4, 0.5) is 0 Å². The highest BCUT2D eigenvalue weighted by Gasteiger charge is 2.20. The molecule has 0 fully saturated rings. The van der Waals surface area contributed by atoms with Crippen molar-refractivity contribution in [3.8, 4) is 0 Å². The fourth-order valence-electron chi connectivity index (χ4n) is 2.00. The lowest BCUT2D eigenvalue weighted by molar-refractivity contribution is 0.285. The van der Waals surface area contributed by atoms with Crippen molar-refractivity contribution in [2.75, 3.05) is 0 Å². The Labute approximate surface area is 146 Å². The van der Waals surface area contributed by atoms with Gasteiger partial charge in [0.1, 0.15) is 0 Å². The molecule has 0 aliphatic carbocycles. The first-order valence-electron chi connectivity index (χ1n) is 8.46. The van der Waals surface area contributed by atoms with Crippen LogP contribution >= 0.6 is 0 Å². The third-order valence-electron chi connectivity index (χ3n) is 3.19. The third kappa shape index (κ3) is 9.13. The molecule has 1 rings (SSSR count). The van der Waals surface area contributed by atoms with Crippen LogP contribution in [0.1, 0.15) is 59.9 Å². The summed E-state index contributed by atoms with van der Waals surface area (Å²) < 4.78 is 0. The van der Waals surface area contributed by atoms with Crippen molar-refractivity contribution in [2.45, 2.75) is 65.5 Å². The van der Waals surface area contributed by atoms with E-state index in [4.69, 9.17) is 9.83 Å². The Morgan fingerprint density at radius 3 is 2.38 bits per heavy atom. The fraction of sp³-hybridized carbons (Fsp3) is 0.500. The molecular formula is C20H31N3O. The van der Waals surface area contributed by atoms with Crippen molar-refractivity contribution in [3.63, 3.8) is 0 Å². The number of allylic oxidation sites excluding steroid dienone is 2. The molecule has 1 N–H and O–H groups in total. The molecule has 132 valence electrons. The number of oxime groups is 1. The molecule has 0 aliphatic rings. The zero-order chi connectivity index (χ0) is 18.1. The average molecular weight is 329 g/mol. The minimum atomic E-state index is -0.227. The summed E-state index contributed by atoms with van der Waals surface area (Å²) in [6.45, 7) is 12.4. The first-order valence-corrected chi connectivity index (χ1v) is 8.46. The van der Waals surface area contributed by atoms with E-state index in [0.29, 0.717) is 6.02 Å². The van der Waals surface area contributed by atoms with Gasteiger partial charge >= 0.3 is 6.02 Å². The first kappa shape index (κ1) is 19.9. The van der Waals surface area contributed by atoms with Crippen molar-refractivity contribution >= 4 is 12.2 Å². The van der Waals surface area contributed by atoms with Crippen molar-refractivity contribution in [1.82, 2.24) is 5.32 Å². The van der Waals surface area contributed by atoms with E-state index in [2.05, 4.69) is 57.2 Å². The van der Waals surface area contributed by atoms with Crippen molar-refractivity contribution in [1.29, 1.82) is 0 Å². The van der Waals surface area contributed by atoms with Gasteiger partial charge in [-0.1, -0.05) is 47.6 Å². The zero-order valence-corrected chi connectivity index (χ0v) is 15.8. The van der Waals surface area contributed by atoms with Crippen molar-refractivity contribution in [3.05, 3.63) is 48.0 Å². The summed E-state index contributed by atoms with van der Waals surface area (Å²) >= 11 is 0. The van der Waals surface area contributed by atoms with Gasteiger partial charge in [0.05, 0.1) is 11.8 Å². The Hall–Kier alpha value is -2.10. The maximum atomic E-state index is 5.55. The number of aliphatic imine (C=N–C) groups is 1. The van der Waals surface area contributed by atoms with Crippen LogP contribution in [0.15, 0.2) is 52.6 Å². The van der Waals surface area contributed by atoms with Gasteiger partial charge in [-0.2, -0.15) is 0 Å². The zero-order valence-electron chi connectivity index (χ0n) is 15.8. The molecule has 0 radical (unpaired) electrons. The van der Waals surface area contributed by atoms with Crippen molar-refractivity contribution in [2.24, 2.45) is 10.1 Å². The molecular weight excluding hydrogens is 298 g/mol. The SMILES string of the molecule is CC=CCCC(C)(C)N=C(NC(C)(C)C)ON=Cc1ccccc1. The van der Waals surface area contributed by atoms with Gasteiger partial charge in [0, 0.05) is 5.54 Å². The number of rotatable bonds is 6. The van der Waals surface area contributed by atoms with E-state index in [0.717, 1.165) is 18.4 Å². The molecule has 0 saturated heterocycles. The molecule has 1 aromatic rings. The molecule has 0 aromatic heterocycles. The quantitative estimate of drug-likeness (QED) is 0.348. The standard InChI is InChI=1S/C20H31N3O/c1-7-8-12-15-20(5,6)23-18(22-19(2,3)4)24-21-16-17-13-10-9-11-14-17/h7-11,13-14,16H,12,15H2,1-6H3,(H,22,23). The normalized spacial score (nSPS) is 13.7. The van der Waals surface area contributed by atoms with Crippen molar-refractivity contribution < 1.29 is 4.84 Å². The summed E-state index contributed by atoms with van der Waals surface area (Å²) in [6, 6.07) is 10.3. The van der Waals surface area contributed by atoms with Gasteiger partial charge in [0.25, 0.3) is 0 Å². The van der Waals surface area contributed by atoms with Crippen LogP contribution < -0.4 is 5.32 Å². The molecule has 4 heteroatoms. The predicted molar refractivity (Wildman–Crippen MR) is 104 cm³/mol. The molecule has 24 heavy (non-hydrogen) atoms. The molecule has 0 bridgehead atoms. The summed E-state index contributed by atoms with van der Waals surface area (Å²) in [5, 5.41) is 7.36. The van der Waals surface area contributed by atoms with Crippen LogP contribution in [-0.2, 0) is 4.84 Å². The van der Waals surface area contributed by atoms with Gasteiger partial charge in [-0.3, -0.25) is 0 Å². The van der Waals surface area contributed by atoms with Gasteiger partial charge in [0.2, 0.25) is 0 Å². The number of hydrogen-bond donors (Lipinski definition) is 1. The molecule has 0 aliphatic heterocycles. The summed E-state index contributed by atoms with van der Waals surface area (Å²) in [5.74, 6) is 0. The van der Waals surface area contributed by atoms with Gasteiger partial charge in [-0.25, -0.2) is 4.99 Å². The Kier molecular flexibility index (Phi) is 7.69. The highest BCUT2D eigenvalue weighted by molar-refractivity contribution is 5.80. The number of nitrogens with one attached hydrogen (secondary N) is 1. The second-order valence-electron chi connectivity index (χ2n) is 7.45. The first-order chi connectivity index (χ1) is 11.2. The van der Waals surface area contributed by atoms with Crippen LogP contribution in [0.3, 0.4) is 0 Å². The maximum absolute atomic E-state index is 5.55. The highest BCUT2D eigenvalue weighted by atomic mass is 16.6. The number of nitrogens with zero attached hydrogens (tertiary/aromatic N) is 2. The van der Waals surface area contributed by atoms with E-state index in [9.17, 15) is 0 Å². The van der Waals surface area contributed by atoms with Gasteiger partial charge < -0.3 is 10.2 Å². The van der Waals surface area contributed by atoms with E-state index in [1.165, 1.54) is 0 Å². The topological polar surface area (TPSA) is 46.0 Å². The minimum Gasteiger partial charge on any atom is -0.334 e. The van der Waals surface area contributed by atoms with Crippen LogP contribution in [0, 0.1) is 0 Å². The van der Waals surface area contributed by atoms with E-state index in [-0.39, 0.29) is 11.1 Å². The van der Waals surface area contributed by atoms with E-state index in [1.807, 2.05) is 37.3 Å². The number of amidine groups is 1.